The van der Waals surface area contributed by atoms with Crippen LogP contribution in [0, 0.1) is 5.41 Å². The lowest BCUT2D eigenvalue weighted by molar-refractivity contribution is 0.374. The van der Waals surface area contributed by atoms with Crippen molar-refractivity contribution in [3.63, 3.8) is 0 Å². The van der Waals surface area contributed by atoms with Gasteiger partial charge < -0.3 is 5.73 Å². The fourth-order valence-electron chi connectivity index (χ4n) is 2.99. The van der Waals surface area contributed by atoms with E-state index in [9.17, 15) is 0 Å². The fraction of sp³-hybridized carbons (Fsp3) is 0.538. The largest absolute Gasteiger partial charge is 0.382 e. The van der Waals surface area contributed by atoms with E-state index in [4.69, 9.17) is 5.73 Å². The van der Waals surface area contributed by atoms with Gasteiger partial charge in [0.15, 0.2) is 5.82 Å². The summed E-state index contributed by atoms with van der Waals surface area (Å²) in [5.41, 5.74) is 7.22. The minimum atomic E-state index is 0.418. The molecule has 0 amide bonds. The van der Waals surface area contributed by atoms with Crippen LogP contribution in [0.2, 0.25) is 0 Å². The summed E-state index contributed by atoms with van der Waals surface area (Å²) in [4.78, 5) is 8.78. The zero-order chi connectivity index (χ0) is 12.9. The van der Waals surface area contributed by atoms with Crippen LogP contribution in [0.25, 0.3) is 5.52 Å². The number of nitrogens with two attached hydrogens (primary N) is 1. The van der Waals surface area contributed by atoms with Crippen molar-refractivity contribution in [3.05, 3.63) is 22.8 Å². The van der Waals surface area contributed by atoms with Gasteiger partial charge >= 0.3 is 0 Å². The number of hydrogen-bond donors (Lipinski definition) is 1. The summed E-state index contributed by atoms with van der Waals surface area (Å²) >= 11 is 3.49. The number of aromatic nitrogens is 3. The zero-order valence-electron chi connectivity index (χ0n) is 10.7. The molecule has 0 spiro atoms. The topological polar surface area (TPSA) is 56.2 Å². The van der Waals surface area contributed by atoms with Crippen LogP contribution in [0.4, 0.5) is 5.82 Å². The number of rotatable bonds is 1. The van der Waals surface area contributed by atoms with Crippen molar-refractivity contribution in [1.29, 1.82) is 0 Å². The average Bonchev–Trinajstić information content (AvgIpc) is 2.81. The number of anilines is 1. The van der Waals surface area contributed by atoms with Crippen molar-refractivity contribution in [2.45, 2.75) is 39.0 Å². The molecule has 0 unspecified atom stereocenters. The smallest absolute Gasteiger partial charge is 0.150 e. The quantitative estimate of drug-likeness (QED) is 0.878. The van der Waals surface area contributed by atoms with Crippen molar-refractivity contribution < 1.29 is 0 Å². The Morgan fingerprint density at radius 1 is 1.50 bits per heavy atom. The van der Waals surface area contributed by atoms with E-state index in [0.29, 0.717) is 17.2 Å². The van der Waals surface area contributed by atoms with Crippen molar-refractivity contribution in [2.75, 3.05) is 5.73 Å². The zero-order valence-corrected chi connectivity index (χ0v) is 12.2. The van der Waals surface area contributed by atoms with Gasteiger partial charge in [-0.3, -0.25) is 4.40 Å². The molecule has 96 valence electrons. The second kappa shape index (κ2) is 3.95. The highest BCUT2D eigenvalue weighted by Crippen LogP contribution is 2.46. The third kappa shape index (κ3) is 1.81. The Balaban J connectivity index is 2.11. The fourth-order valence-corrected chi connectivity index (χ4v) is 3.56. The van der Waals surface area contributed by atoms with Crippen LogP contribution >= 0.6 is 15.9 Å². The number of nitrogen functional groups attached to an aromatic ring is 1. The van der Waals surface area contributed by atoms with Gasteiger partial charge in [0.05, 0.1) is 0 Å². The molecule has 0 bridgehead atoms. The summed E-state index contributed by atoms with van der Waals surface area (Å²) in [7, 11) is 0. The molecule has 0 radical (unpaired) electrons. The molecular formula is C13H17BrN4. The summed E-state index contributed by atoms with van der Waals surface area (Å²) in [5.74, 6) is 2.15. The lowest BCUT2D eigenvalue weighted by Gasteiger charge is -2.16. The lowest BCUT2D eigenvalue weighted by atomic mass is 9.90. The molecule has 1 fully saturated rings. The molecule has 5 heteroatoms. The highest BCUT2D eigenvalue weighted by Gasteiger charge is 2.34. The van der Waals surface area contributed by atoms with Crippen LogP contribution in [0.3, 0.4) is 0 Å². The minimum absolute atomic E-state index is 0.418. The maximum absolute atomic E-state index is 5.92. The third-order valence-corrected chi connectivity index (χ3v) is 4.45. The van der Waals surface area contributed by atoms with Crippen LogP contribution in [0.5, 0.6) is 0 Å². The number of imidazole rings is 1. The molecule has 0 saturated heterocycles. The minimum Gasteiger partial charge on any atom is -0.382 e. The molecule has 18 heavy (non-hydrogen) atoms. The van der Waals surface area contributed by atoms with Crippen LogP contribution in [0.1, 0.15) is 44.9 Å². The van der Waals surface area contributed by atoms with Crippen molar-refractivity contribution in [3.8, 4) is 0 Å². The molecule has 1 aliphatic rings. The Morgan fingerprint density at radius 3 is 2.94 bits per heavy atom. The summed E-state index contributed by atoms with van der Waals surface area (Å²) < 4.78 is 2.88. The van der Waals surface area contributed by atoms with Gasteiger partial charge in [-0.25, -0.2) is 9.97 Å². The molecule has 2 aromatic heterocycles. The SMILES string of the molecule is CC1(C)CC[C@@H](c2nc(Br)c3c(N)nccn23)C1. The summed E-state index contributed by atoms with van der Waals surface area (Å²) in [6.07, 6.45) is 7.32. The van der Waals surface area contributed by atoms with Crippen molar-refractivity contribution in [1.82, 2.24) is 14.4 Å². The number of hydrogen-bond acceptors (Lipinski definition) is 3. The Bertz CT molecular complexity index is 602. The number of fused-ring (bicyclic) bond motifs is 1. The highest BCUT2D eigenvalue weighted by molar-refractivity contribution is 9.10. The van der Waals surface area contributed by atoms with Crippen LogP contribution in [-0.4, -0.2) is 14.4 Å². The Kier molecular flexibility index (Phi) is 2.62. The summed E-state index contributed by atoms with van der Waals surface area (Å²) in [6, 6.07) is 0. The first-order chi connectivity index (χ1) is 8.48. The van der Waals surface area contributed by atoms with E-state index in [0.717, 1.165) is 15.9 Å². The van der Waals surface area contributed by atoms with Gasteiger partial charge in [0.25, 0.3) is 0 Å². The van der Waals surface area contributed by atoms with Crippen molar-refractivity contribution >= 4 is 27.3 Å². The van der Waals surface area contributed by atoms with E-state index in [1.807, 2.05) is 6.20 Å². The van der Waals surface area contributed by atoms with E-state index in [2.05, 4.69) is 44.1 Å². The van der Waals surface area contributed by atoms with Crippen molar-refractivity contribution in [2.24, 2.45) is 5.41 Å². The molecule has 4 nitrogen and oxygen atoms in total. The van der Waals surface area contributed by atoms with Gasteiger partial charge in [0, 0.05) is 18.3 Å². The van der Waals surface area contributed by atoms with E-state index in [1.165, 1.54) is 19.3 Å². The van der Waals surface area contributed by atoms with Gasteiger partial charge in [-0.2, -0.15) is 0 Å². The molecule has 1 atom stereocenters. The van der Waals surface area contributed by atoms with Gasteiger partial charge in [0.1, 0.15) is 15.9 Å². The Hall–Kier alpha value is -1.10. The Labute approximate surface area is 115 Å². The van der Waals surface area contributed by atoms with Crippen LogP contribution < -0.4 is 5.73 Å². The first-order valence-electron chi connectivity index (χ1n) is 6.26. The van der Waals surface area contributed by atoms with E-state index < -0.39 is 0 Å². The molecule has 0 aliphatic heterocycles. The van der Waals surface area contributed by atoms with E-state index in [-0.39, 0.29) is 0 Å². The van der Waals surface area contributed by atoms with Crippen LogP contribution in [0.15, 0.2) is 17.0 Å². The number of nitrogens with zero attached hydrogens (tertiary/aromatic N) is 3. The average molecular weight is 309 g/mol. The summed E-state index contributed by atoms with van der Waals surface area (Å²) in [6.45, 7) is 4.65. The van der Waals surface area contributed by atoms with Gasteiger partial charge in [-0.15, -0.1) is 0 Å². The Morgan fingerprint density at radius 2 is 2.28 bits per heavy atom. The molecule has 1 aliphatic carbocycles. The second-order valence-corrected chi connectivity index (χ2v) is 6.65. The lowest BCUT2D eigenvalue weighted by Crippen LogP contribution is -2.07. The first kappa shape index (κ1) is 12.0. The predicted octanol–water partition coefficient (Wildman–Crippen LogP) is 3.37. The van der Waals surface area contributed by atoms with E-state index in [1.54, 1.807) is 6.20 Å². The third-order valence-electron chi connectivity index (χ3n) is 3.90. The van der Waals surface area contributed by atoms with Gasteiger partial charge in [-0.1, -0.05) is 13.8 Å². The molecular weight excluding hydrogens is 292 g/mol. The van der Waals surface area contributed by atoms with E-state index >= 15 is 0 Å². The highest BCUT2D eigenvalue weighted by atomic mass is 79.9. The normalized spacial score (nSPS) is 22.7. The monoisotopic (exact) mass is 308 g/mol. The molecule has 3 rings (SSSR count). The maximum atomic E-state index is 5.92. The van der Waals surface area contributed by atoms with Gasteiger partial charge in [0.2, 0.25) is 0 Å². The molecule has 2 heterocycles. The predicted molar refractivity (Wildman–Crippen MR) is 75.5 cm³/mol. The molecule has 1 saturated carbocycles. The molecule has 2 aromatic rings. The van der Waals surface area contributed by atoms with Crippen LogP contribution in [-0.2, 0) is 0 Å². The second-order valence-electron chi connectivity index (χ2n) is 5.90. The first-order valence-corrected chi connectivity index (χ1v) is 7.05. The van der Waals surface area contributed by atoms with Gasteiger partial charge in [-0.05, 0) is 40.6 Å². The summed E-state index contributed by atoms with van der Waals surface area (Å²) in [5, 5.41) is 0. The number of halogens is 1. The standard InChI is InChI=1S/C13H17BrN4/c1-13(2)4-3-8(7-13)12-17-10(14)9-11(15)16-5-6-18(9)12/h5-6,8H,3-4,7H2,1-2H3,(H2,15,16)/t8-/m1/s1. The molecule has 0 aromatic carbocycles. The maximum Gasteiger partial charge on any atom is 0.150 e. The molecule has 2 N–H and O–H groups in total.